The van der Waals surface area contributed by atoms with E-state index in [1.165, 1.54) is 29.5 Å². The number of rotatable bonds is 5. The van der Waals surface area contributed by atoms with E-state index in [9.17, 15) is 14.7 Å². The summed E-state index contributed by atoms with van der Waals surface area (Å²) >= 11 is 13.4. The Morgan fingerprint density at radius 2 is 1.84 bits per heavy atom. The molecule has 0 aliphatic carbocycles. The molecule has 8 heteroatoms. The second-order valence-corrected chi connectivity index (χ2v) is 7.24. The van der Waals surface area contributed by atoms with Crippen molar-refractivity contribution in [2.45, 2.75) is 0 Å². The zero-order valence-corrected chi connectivity index (χ0v) is 15.5. The molecule has 2 amide bonds. The van der Waals surface area contributed by atoms with Crippen LogP contribution >= 0.6 is 34.5 Å². The lowest BCUT2D eigenvalue weighted by molar-refractivity contribution is -0.120. The first kappa shape index (κ1) is 17.9. The summed E-state index contributed by atoms with van der Waals surface area (Å²) in [5.41, 5.74) is 0.874. The van der Waals surface area contributed by atoms with Gasteiger partial charge in [-0.15, -0.1) is 11.3 Å². The van der Waals surface area contributed by atoms with Crippen molar-refractivity contribution in [1.29, 1.82) is 0 Å². The topological polar surface area (TPSA) is 60.9 Å². The molecule has 1 aromatic carbocycles. The molecule has 0 atom stereocenters. The van der Waals surface area contributed by atoms with Gasteiger partial charge in [0.15, 0.2) is 0 Å². The standard InChI is InChI=1S/C17H14Cl2N2O3S/c1-20(4-5-22)15-14(13-3-2-6-25-13)16(23)21(17(15)24)12-8-10(18)7-11(19)9-12/h2-3,6-9,22H,4-5H2,1H3. The van der Waals surface area contributed by atoms with Gasteiger partial charge in [-0.2, -0.15) is 0 Å². The minimum atomic E-state index is -0.470. The van der Waals surface area contributed by atoms with Gasteiger partial charge < -0.3 is 10.0 Å². The van der Waals surface area contributed by atoms with Crippen LogP contribution in [-0.4, -0.2) is 42.0 Å². The normalized spacial score (nSPS) is 14.6. The van der Waals surface area contributed by atoms with Gasteiger partial charge in [0.05, 0.1) is 17.9 Å². The minimum absolute atomic E-state index is 0.137. The first-order chi connectivity index (χ1) is 11.9. The average molecular weight is 397 g/mol. The number of anilines is 1. The van der Waals surface area contributed by atoms with Crippen LogP contribution in [0.1, 0.15) is 4.88 Å². The van der Waals surface area contributed by atoms with Crippen LogP contribution in [0.25, 0.3) is 5.57 Å². The van der Waals surface area contributed by atoms with Crippen molar-refractivity contribution < 1.29 is 14.7 Å². The number of aliphatic hydroxyl groups excluding tert-OH is 1. The third-order valence-corrected chi connectivity index (χ3v) is 5.07. The molecule has 1 aliphatic heterocycles. The van der Waals surface area contributed by atoms with Gasteiger partial charge in [0, 0.05) is 28.5 Å². The quantitative estimate of drug-likeness (QED) is 0.787. The smallest absolute Gasteiger partial charge is 0.282 e. The molecule has 1 N–H and O–H groups in total. The van der Waals surface area contributed by atoms with Crippen molar-refractivity contribution in [1.82, 2.24) is 4.90 Å². The number of carbonyl (C=O) groups is 2. The van der Waals surface area contributed by atoms with Gasteiger partial charge >= 0.3 is 0 Å². The number of likely N-dealkylation sites (N-methyl/N-ethyl adjacent to an activating group) is 1. The number of aliphatic hydroxyl groups is 1. The molecule has 0 saturated heterocycles. The van der Waals surface area contributed by atoms with Crippen molar-refractivity contribution in [2.75, 3.05) is 25.1 Å². The summed E-state index contributed by atoms with van der Waals surface area (Å²) < 4.78 is 0. The molecular weight excluding hydrogens is 383 g/mol. The molecule has 0 saturated carbocycles. The monoisotopic (exact) mass is 396 g/mol. The number of hydrogen-bond donors (Lipinski definition) is 1. The molecule has 3 rings (SSSR count). The lowest BCUT2D eigenvalue weighted by Crippen LogP contribution is -2.34. The zero-order chi connectivity index (χ0) is 18.1. The van der Waals surface area contributed by atoms with E-state index >= 15 is 0 Å². The lowest BCUT2D eigenvalue weighted by atomic mass is 10.2. The molecule has 1 aromatic heterocycles. The molecule has 0 radical (unpaired) electrons. The Hall–Kier alpha value is -1.86. The number of amides is 2. The summed E-state index contributed by atoms with van der Waals surface area (Å²) in [7, 11) is 1.67. The number of hydrogen-bond acceptors (Lipinski definition) is 5. The molecule has 2 heterocycles. The van der Waals surface area contributed by atoms with Crippen molar-refractivity contribution in [2.24, 2.45) is 0 Å². The molecule has 25 heavy (non-hydrogen) atoms. The molecule has 2 aromatic rings. The van der Waals surface area contributed by atoms with Gasteiger partial charge in [-0.25, -0.2) is 4.90 Å². The maximum atomic E-state index is 13.0. The molecule has 0 fully saturated rings. The lowest BCUT2D eigenvalue weighted by Gasteiger charge is -2.20. The summed E-state index contributed by atoms with van der Waals surface area (Å²) in [4.78, 5) is 29.4. The van der Waals surface area contributed by atoms with Crippen molar-refractivity contribution in [3.05, 3.63) is 56.3 Å². The van der Waals surface area contributed by atoms with E-state index in [1.54, 1.807) is 18.0 Å². The van der Waals surface area contributed by atoms with Crippen LogP contribution in [0.4, 0.5) is 5.69 Å². The summed E-state index contributed by atoms with van der Waals surface area (Å²) in [6.07, 6.45) is 0. The Balaban J connectivity index is 2.12. The van der Waals surface area contributed by atoms with Gasteiger partial charge in [0.2, 0.25) is 0 Å². The van der Waals surface area contributed by atoms with E-state index in [1.807, 2.05) is 11.4 Å². The highest BCUT2D eigenvalue weighted by atomic mass is 35.5. The van der Waals surface area contributed by atoms with Crippen LogP contribution in [-0.2, 0) is 9.59 Å². The fourth-order valence-electron chi connectivity index (χ4n) is 2.68. The molecule has 5 nitrogen and oxygen atoms in total. The number of carbonyl (C=O) groups excluding carboxylic acids is 2. The number of benzene rings is 1. The number of halogens is 2. The van der Waals surface area contributed by atoms with Crippen molar-refractivity contribution in [3.63, 3.8) is 0 Å². The molecule has 0 spiro atoms. The van der Waals surface area contributed by atoms with Gasteiger partial charge in [0.1, 0.15) is 5.70 Å². The van der Waals surface area contributed by atoms with E-state index < -0.39 is 11.8 Å². The Kier molecular flexibility index (Phi) is 5.15. The second-order valence-electron chi connectivity index (χ2n) is 5.42. The van der Waals surface area contributed by atoms with Gasteiger partial charge in [-0.3, -0.25) is 9.59 Å². The van der Waals surface area contributed by atoms with E-state index in [0.29, 0.717) is 26.2 Å². The Morgan fingerprint density at radius 1 is 1.16 bits per heavy atom. The third-order valence-electron chi connectivity index (χ3n) is 3.75. The maximum absolute atomic E-state index is 13.0. The first-order valence-electron chi connectivity index (χ1n) is 7.39. The second kappa shape index (κ2) is 7.17. The van der Waals surface area contributed by atoms with Crippen LogP contribution in [0.3, 0.4) is 0 Å². The summed E-state index contributed by atoms with van der Waals surface area (Å²) in [6, 6.07) is 8.16. The molecule has 0 unspecified atom stereocenters. The summed E-state index contributed by atoms with van der Waals surface area (Å²) in [5, 5.41) is 11.7. The molecular formula is C17H14Cl2N2O3S. The Bertz CT molecular complexity index is 845. The fourth-order valence-corrected chi connectivity index (χ4v) is 3.96. The SMILES string of the molecule is CN(CCO)C1=C(c2cccs2)C(=O)N(c2cc(Cl)cc(Cl)c2)C1=O. The minimum Gasteiger partial charge on any atom is -0.395 e. The first-order valence-corrected chi connectivity index (χ1v) is 9.02. The average Bonchev–Trinajstić information content (AvgIpc) is 3.12. The molecule has 0 bridgehead atoms. The van der Waals surface area contributed by atoms with Crippen molar-refractivity contribution >= 4 is 57.6 Å². The number of thiophene rings is 1. The van der Waals surface area contributed by atoms with Gasteiger partial charge in [-0.05, 0) is 29.6 Å². The van der Waals surface area contributed by atoms with Gasteiger partial charge in [0.25, 0.3) is 11.8 Å². The van der Waals surface area contributed by atoms with Crippen LogP contribution in [0.5, 0.6) is 0 Å². The van der Waals surface area contributed by atoms with Crippen LogP contribution in [0.15, 0.2) is 41.4 Å². The van der Waals surface area contributed by atoms with Crippen LogP contribution < -0.4 is 4.90 Å². The fraction of sp³-hybridized carbons (Fsp3) is 0.176. The molecule has 1 aliphatic rings. The zero-order valence-electron chi connectivity index (χ0n) is 13.2. The van der Waals surface area contributed by atoms with E-state index in [-0.39, 0.29) is 18.8 Å². The molecule has 130 valence electrons. The third kappa shape index (κ3) is 3.30. The largest absolute Gasteiger partial charge is 0.395 e. The summed E-state index contributed by atoms with van der Waals surface area (Å²) in [6.45, 7) is 0.0928. The maximum Gasteiger partial charge on any atom is 0.282 e. The van der Waals surface area contributed by atoms with Crippen molar-refractivity contribution in [3.8, 4) is 0 Å². The Labute approximate surface area is 158 Å². The van der Waals surface area contributed by atoms with E-state index in [0.717, 1.165) is 4.90 Å². The van der Waals surface area contributed by atoms with E-state index in [2.05, 4.69) is 0 Å². The van der Waals surface area contributed by atoms with Gasteiger partial charge in [-0.1, -0.05) is 29.3 Å². The van der Waals surface area contributed by atoms with Crippen LogP contribution in [0, 0.1) is 0 Å². The predicted molar refractivity (Wildman–Crippen MR) is 99.9 cm³/mol. The Morgan fingerprint density at radius 3 is 2.40 bits per heavy atom. The number of nitrogens with zero attached hydrogens (tertiary/aromatic N) is 2. The van der Waals surface area contributed by atoms with E-state index in [4.69, 9.17) is 23.2 Å². The highest BCUT2D eigenvalue weighted by Crippen LogP contribution is 2.37. The number of imide groups is 1. The van der Waals surface area contributed by atoms with Crippen LogP contribution in [0.2, 0.25) is 10.0 Å². The summed E-state index contributed by atoms with van der Waals surface area (Å²) in [5.74, 6) is -0.909. The highest BCUT2D eigenvalue weighted by molar-refractivity contribution is 7.11. The predicted octanol–water partition coefficient (Wildman–Crippen LogP) is 3.26. The highest BCUT2D eigenvalue weighted by Gasteiger charge is 2.42.